The molecule has 0 radical (unpaired) electrons. The number of imide groups is 1. The van der Waals surface area contributed by atoms with Crippen molar-refractivity contribution in [2.75, 3.05) is 7.11 Å². The molecular formula is C19H13Cl2NO6S. The van der Waals surface area contributed by atoms with Crippen molar-refractivity contribution in [3.8, 4) is 11.5 Å². The second-order valence-electron chi connectivity index (χ2n) is 5.93. The molecule has 0 atom stereocenters. The number of rotatable bonds is 4. The van der Waals surface area contributed by atoms with E-state index in [0.717, 1.165) is 12.0 Å². The van der Waals surface area contributed by atoms with Crippen molar-refractivity contribution in [2.45, 2.75) is 6.54 Å². The summed E-state index contributed by atoms with van der Waals surface area (Å²) in [5.74, 6) is -2.50. The number of thioether (sulfide) groups is 1. The molecule has 2 aromatic rings. The summed E-state index contributed by atoms with van der Waals surface area (Å²) in [6.07, 6.45) is 1.33. The Labute approximate surface area is 179 Å². The molecule has 7 nitrogen and oxygen atoms in total. The van der Waals surface area contributed by atoms with Gasteiger partial charge < -0.3 is 14.9 Å². The molecule has 0 aliphatic carbocycles. The lowest BCUT2D eigenvalue weighted by atomic mass is 10.1. The van der Waals surface area contributed by atoms with Gasteiger partial charge in [0.1, 0.15) is 17.1 Å². The summed E-state index contributed by atoms with van der Waals surface area (Å²) in [6.45, 7) is -0.0320. The molecule has 0 spiro atoms. The summed E-state index contributed by atoms with van der Waals surface area (Å²) in [4.78, 5) is 37.6. The number of amides is 2. The lowest BCUT2D eigenvalue weighted by molar-refractivity contribution is -0.123. The first-order chi connectivity index (χ1) is 13.7. The Bertz CT molecular complexity index is 1050. The first kappa shape index (κ1) is 21.0. The molecule has 1 aliphatic rings. The molecule has 2 amide bonds. The predicted octanol–water partition coefficient (Wildman–Crippen LogP) is 4.43. The molecular weight excluding hydrogens is 441 g/mol. The van der Waals surface area contributed by atoms with Crippen LogP contribution in [0.15, 0.2) is 35.2 Å². The number of carbonyl (C=O) groups excluding carboxylic acids is 3. The number of phenols is 2. The van der Waals surface area contributed by atoms with Gasteiger partial charge in [0.15, 0.2) is 0 Å². The first-order valence-electron chi connectivity index (χ1n) is 8.05. The molecule has 10 heteroatoms. The average Bonchev–Trinajstić information content (AvgIpc) is 2.90. The van der Waals surface area contributed by atoms with Gasteiger partial charge in [-0.05, 0) is 53.2 Å². The predicted molar refractivity (Wildman–Crippen MR) is 109 cm³/mol. The molecule has 29 heavy (non-hydrogen) atoms. The highest BCUT2D eigenvalue weighted by Gasteiger charge is 2.35. The third-order valence-electron chi connectivity index (χ3n) is 4.02. The van der Waals surface area contributed by atoms with E-state index < -0.39 is 34.2 Å². The van der Waals surface area contributed by atoms with Crippen LogP contribution in [0.4, 0.5) is 4.79 Å². The molecule has 1 saturated heterocycles. The summed E-state index contributed by atoms with van der Waals surface area (Å²) < 4.78 is 4.49. The summed E-state index contributed by atoms with van der Waals surface area (Å²) >= 11 is 12.7. The Kier molecular flexibility index (Phi) is 6.07. The average molecular weight is 454 g/mol. The summed E-state index contributed by atoms with van der Waals surface area (Å²) in [5.41, 5.74) is 0.384. The van der Waals surface area contributed by atoms with Crippen LogP contribution in [-0.2, 0) is 16.1 Å². The molecule has 0 unspecified atom stereocenters. The SMILES string of the molecule is COC(=O)c1c(O)cc(/C=C2\SC(=O)N(Cc3ccc(Cl)cc3Cl)C2=O)cc1O. The van der Waals surface area contributed by atoms with Crippen LogP contribution in [0.2, 0.25) is 10.0 Å². The molecule has 0 bridgehead atoms. The van der Waals surface area contributed by atoms with Crippen LogP contribution >= 0.6 is 35.0 Å². The van der Waals surface area contributed by atoms with Gasteiger partial charge in [0.25, 0.3) is 11.1 Å². The van der Waals surface area contributed by atoms with Gasteiger partial charge in [-0.2, -0.15) is 0 Å². The third kappa shape index (κ3) is 4.34. The van der Waals surface area contributed by atoms with E-state index in [0.29, 0.717) is 27.4 Å². The number of ether oxygens (including phenoxy) is 1. The largest absolute Gasteiger partial charge is 0.507 e. The number of aromatic hydroxyl groups is 2. The second-order valence-corrected chi connectivity index (χ2v) is 7.77. The van der Waals surface area contributed by atoms with Crippen LogP contribution in [0.3, 0.4) is 0 Å². The summed E-state index contributed by atoms with van der Waals surface area (Å²) in [7, 11) is 1.11. The summed E-state index contributed by atoms with van der Waals surface area (Å²) in [5, 5.41) is 20.2. The zero-order valence-corrected chi connectivity index (χ0v) is 17.1. The number of esters is 1. The van der Waals surface area contributed by atoms with Crippen LogP contribution in [0, 0.1) is 0 Å². The van der Waals surface area contributed by atoms with E-state index in [2.05, 4.69) is 4.74 Å². The van der Waals surface area contributed by atoms with Crippen LogP contribution in [-0.4, -0.2) is 39.3 Å². The van der Waals surface area contributed by atoms with Crippen LogP contribution < -0.4 is 0 Å². The topological polar surface area (TPSA) is 104 Å². The number of phenolic OH excluding ortho intramolecular Hbond substituents is 2. The zero-order chi connectivity index (χ0) is 21.3. The zero-order valence-electron chi connectivity index (χ0n) is 14.8. The quantitative estimate of drug-likeness (QED) is 0.520. The number of carbonyl (C=O) groups is 3. The Morgan fingerprint density at radius 1 is 1.17 bits per heavy atom. The number of hydrogen-bond acceptors (Lipinski definition) is 7. The Hall–Kier alpha value is -2.68. The minimum Gasteiger partial charge on any atom is -0.507 e. The highest BCUT2D eigenvalue weighted by atomic mass is 35.5. The fourth-order valence-electron chi connectivity index (χ4n) is 2.64. The molecule has 1 aliphatic heterocycles. The number of nitrogens with zero attached hydrogens (tertiary/aromatic N) is 1. The van der Waals surface area contributed by atoms with Crippen LogP contribution in [0.1, 0.15) is 21.5 Å². The van der Waals surface area contributed by atoms with E-state index in [4.69, 9.17) is 23.2 Å². The van der Waals surface area contributed by atoms with E-state index in [1.807, 2.05) is 0 Å². The Morgan fingerprint density at radius 2 is 1.83 bits per heavy atom. The molecule has 1 fully saturated rings. The van der Waals surface area contributed by atoms with Gasteiger partial charge >= 0.3 is 5.97 Å². The van der Waals surface area contributed by atoms with Gasteiger partial charge in [-0.1, -0.05) is 29.3 Å². The van der Waals surface area contributed by atoms with E-state index in [1.54, 1.807) is 12.1 Å². The number of halogens is 2. The highest BCUT2D eigenvalue weighted by molar-refractivity contribution is 8.18. The maximum Gasteiger partial charge on any atom is 0.345 e. The Balaban J connectivity index is 1.87. The maximum absolute atomic E-state index is 12.6. The number of hydrogen-bond donors (Lipinski definition) is 2. The van der Waals surface area contributed by atoms with Gasteiger partial charge in [-0.15, -0.1) is 0 Å². The minimum atomic E-state index is -0.910. The van der Waals surface area contributed by atoms with Gasteiger partial charge in [0, 0.05) is 10.0 Å². The van der Waals surface area contributed by atoms with Crippen molar-refractivity contribution in [1.82, 2.24) is 4.90 Å². The fourth-order valence-corrected chi connectivity index (χ4v) is 3.94. The van der Waals surface area contributed by atoms with E-state index >= 15 is 0 Å². The van der Waals surface area contributed by atoms with Crippen molar-refractivity contribution < 1.29 is 29.3 Å². The van der Waals surface area contributed by atoms with Crippen molar-refractivity contribution >= 4 is 58.2 Å². The number of methoxy groups -OCH3 is 1. The van der Waals surface area contributed by atoms with Crippen molar-refractivity contribution in [3.63, 3.8) is 0 Å². The van der Waals surface area contributed by atoms with Crippen LogP contribution in [0.25, 0.3) is 6.08 Å². The molecule has 0 aromatic heterocycles. The smallest absolute Gasteiger partial charge is 0.345 e. The summed E-state index contributed by atoms with van der Waals surface area (Å²) in [6, 6.07) is 7.10. The molecule has 2 N–H and O–H groups in total. The molecule has 0 saturated carbocycles. The second kappa shape index (κ2) is 8.36. The van der Waals surface area contributed by atoms with Crippen LogP contribution in [0.5, 0.6) is 11.5 Å². The maximum atomic E-state index is 12.6. The van der Waals surface area contributed by atoms with Gasteiger partial charge in [-0.3, -0.25) is 14.5 Å². The van der Waals surface area contributed by atoms with Gasteiger partial charge in [0.05, 0.1) is 18.6 Å². The highest BCUT2D eigenvalue weighted by Crippen LogP contribution is 2.36. The van der Waals surface area contributed by atoms with Crippen molar-refractivity contribution in [1.29, 1.82) is 0 Å². The molecule has 1 heterocycles. The van der Waals surface area contributed by atoms with Crippen molar-refractivity contribution in [3.05, 3.63) is 62.0 Å². The lowest BCUT2D eigenvalue weighted by Gasteiger charge is -2.13. The normalized spacial score (nSPS) is 15.3. The van der Waals surface area contributed by atoms with Crippen molar-refractivity contribution in [2.24, 2.45) is 0 Å². The first-order valence-corrected chi connectivity index (χ1v) is 9.62. The standard InChI is InChI=1S/C19H13Cl2NO6S/c1-28-18(26)16-13(23)4-9(5-14(16)24)6-15-17(25)22(19(27)29-15)8-10-2-3-11(20)7-12(10)21/h2-7,23-24H,8H2,1H3/b15-6-. The monoisotopic (exact) mass is 453 g/mol. The lowest BCUT2D eigenvalue weighted by Crippen LogP contribution is -2.27. The molecule has 3 rings (SSSR count). The molecule has 150 valence electrons. The van der Waals surface area contributed by atoms with E-state index in [1.165, 1.54) is 24.3 Å². The molecule has 2 aromatic carbocycles. The van der Waals surface area contributed by atoms with E-state index in [9.17, 15) is 24.6 Å². The number of benzene rings is 2. The minimum absolute atomic E-state index is 0.0320. The van der Waals surface area contributed by atoms with E-state index in [-0.39, 0.29) is 17.0 Å². The fraction of sp³-hybridized carbons (Fsp3) is 0.105. The van der Waals surface area contributed by atoms with Gasteiger partial charge in [0.2, 0.25) is 0 Å². The third-order valence-corrected chi connectivity index (χ3v) is 5.52. The van der Waals surface area contributed by atoms with Gasteiger partial charge in [-0.25, -0.2) is 4.79 Å². The Morgan fingerprint density at radius 3 is 2.41 bits per heavy atom.